The number of H-pyrrole nitrogens is 1. The van der Waals surface area contributed by atoms with E-state index in [1.54, 1.807) is 24.2 Å². The van der Waals surface area contributed by atoms with Crippen LogP contribution in [0.15, 0.2) is 66.9 Å². The number of aromatic nitrogens is 2. The molecule has 3 aromatic rings. The molecule has 2 aromatic carbocycles. The summed E-state index contributed by atoms with van der Waals surface area (Å²) in [5, 5.41) is 6.65. The molecule has 0 aliphatic carbocycles. The average molecular weight is 321 g/mol. The molecule has 122 valence electrons. The van der Waals surface area contributed by atoms with Gasteiger partial charge in [0.1, 0.15) is 12.4 Å². The van der Waals surface area contributed by atoms with E-state index in [9.17, 15) is 4.79 Å². The van der Waals surface area contributed by atoms with Crippen LogP contribution in [0.2, 0.25) is 0 Å². The summed E-state index contributed by atoms with van der Waals surface area (Å²) in [4.78, 5) is 13.9. The second-order valence-corrected chi connectivity index (χ2v) is 5.48. The van der Waals surface area contributed by atoms with Gasteiger partial charge in [-0.25, -0.2) is 0 Å². The molecule has 0 aliphatic rings. The number of benzene rings is 2. The van der Waals surface area contributed by atoms with Gasteiger partial charge < -0.3 is 9.64 Å². The number of carbonyl (C=O) groups is 1. The van der Waals surface area contributed by atoms with Crippen molar-refractivity contribution in [2.24, 2.45) is 0 Å². The van der Waals surface area contributed by atoms with Gasteiger partial charge in [-0.3, -0.25) is 9.89 Å². The molecule has 0 saturated heterocycles. The maximum Gasteiger partial charge on any atom is 0.232 e. The van der Waals surface area contributed by atoms with Gasteiger partial charge in [0, 0.05) is 24.6 Å². The number of aromatic amines is 1. The van der Waals surface area contributed by atoms with Crippen LogP contribution in [-0.2, 0) is 17.8 Å². The quantitative estimate of drug-likeness (QED) is 0.758. The van der Waals surface area contributed by atoms with Crippen molar-refractivity contribution in [2.75, 3.05) is 11.9 Å². The van der Waals surface area contributed by atoms with E-state index in [4.69, 9.17) is 4.74 Å². The highest BCUT2D eigenvalue weighted by Crippen LogP contribution is 2.20. The molecule has 1 amide bonds. The molecule has 0 bridgehead atoms. The van der Waals surface area contributed by atoms with Gasteiger partial charge in [-0.05, 0) is 35.9 Å². The predicted molar refractivity (Wildman–Crippen MR) is 92.9 cm³/mol. The fourth-order valence-electron chi connectivity index (χ4n) is 2.32. The van der Waals surface area contributed by atoms with Crippen LogP contribution >= 0.6 is 0 Å². The Morgan fingerprint density at radius 3 is 2.50 bits per heavy atom. The number of amides is 1. The van der Waals surface area contributed by atoms with Crippen LogP contribution in [0.1, 0.15) is 11.3 Å². The number of nitrogens with zero attached hydrogens (tertiary/aromatic N) is 2. The van der Waals surface area contributed by atoms with Crippen molar-refractivity contribution >= 4 is 11.6 Å². The Bertz CT molecular complexity index is 768. The van der Waals surface area contributed by atoms with Crippen molar-refractivity contribution in [3.05, 3.63) is 78.1 Å². The third kappa shape index (κ3) is 4.01. The van der Waals surface area contributed by atoms with E-state index in [2.05, 4.69) is 10.2 Å². The Hall–Kier alpha value is -3.08. The minimum absolute atomic E-state index is 0.00259. The van der Waals surface area contributed by atoms with Crippen LogP contribution in [0.4, 0.5) is 5.69 Å². The standard InChI is InChI=1S/C19H19N3O2/c1-22(19(23)13-16-11-12-20-21-16)17-7-9-18(10-8-17)24-14-15-5-3-2-4-6-15/h2-12H,13-14H2,1H3,(H,20,21). The number of carbonyl (C=O) groups excluding carboxylic acids is 1. The number of nitrogens with one attached hydrogen (secondary N) is 1. The van der Waals surface area contributed by atoms with Crippen LogP contribution < -0.4 is 9.64 Å². The number of rotatable bonds is 6. The smallest absolute Gasteiger partial charge is 0.232 e. The van der Waals surface area contributed by atoms with Gasteiger partial charge in [0.05, 0.1) is 6.42 Å². The number of anilines is 1. The van der Waals surface area contributed by atoms with Gasteiger partial charge in [-0.15, -0.1) is 0 Å². The number of ether oxygens (including phenoxy) is 1. The van der Waals surface area contributed by atoms with E-state index in [0.29, 0.717) is 13.0 Å². The lowest BCUT2D eigenvalue weighted by Gasteiger charge is -2.17. The lowest BCUT2D eigenvalue weighted by molar-refractivity contribution is -0.117. The van der Waals surface area contributed by atoms with Crippen LogP contribution in [-0.4, -0.2) is 23.2 Å². The Morgan fingerprint density at radius 2 is 1.83 bits per heavy atom. The summed E-state index contributed by atoms with van der Waals surface area (Å²) in [5.74, 6) is 0.772. The minimum atomic E-state index is -0.00259. The zero-order valence-electron chi connectivity index (χ0n) is 13.5. The highest BCUT2D eigenvalue weighted by atomic mass is 16.5. The highest BCUT2D eigenvalue weighted by Gasteiger charge is 2.12. The van der Waals surface area contributed by atoms with Crippen molar-refractivity contribution in [3.63, 3.8) is 0 Å². The van der Waals surface area contributed by atoms with Crippen molar-refractivity contribution < 1.29 is 9.53 Å². The molecule has 0 radical (unpaired) electrons. The molecule has 0 spiro atoms. The fourth-order valence-corrected chi connectivity index (χ4v) is 2.32. The monoisotopic (exact) mass is 321 g/mol. The second kappa shape index (κ2) is 7.46. The first kappa shape index (κ1) is 15.8. The van der Waals surface area contributed by atoms with Crippen molar-refractivity contribution in [3.8, 4) is 5.75 Å². The van der Waals surface area contributed by atoms with Crippen molar-refractivity contribution in [1.29, 1.82) is 0 Å². The van der Waals surface area contributed by atoms with Gasteiger partial charge in [0.15, 0.2) is 0 Å². The zero-order valence-corrected chi connectivity index (χ0v) is 13.5. The van der Waals surface area contributed by atoms with E-state index >= 15 is 0 Å². The maximum absolute atomic E-state index is 12.3. The predicted octanol–water partition coefficient (Wildman–Crippen LogP) is 3.19. The molecule has 1 heterocycles. The molecule has 24 heavy (non-hydrogen) atoms. The minimum Gasteiger partial charge on any atom is -0.489 e. The largest absolute Gasteiger partial charge is 0.489 e. The van der Waals surface area contributed by atoms with Crippen LogP contribution in [0.5, 0.6) is 5.75 Å². The first-order valence-electron chi connectivity index (χ1n) is 7.74. The molecule has 5 heteroatoms. The van der Waals surface area contributed by atoms with Crippen LogP contribution in [0.3, 0.4) is 0 Å². The average Bonchev–Trinajstić information content (AvgIpc) is 3.13. The van der Waals surface area contributed by atoms with Gasteiger partial charge in [0.2, 0.25) is 5.91 Å². The molecule has 5 nitrogen and oxygen atoms in total. The third-order valence-electron chi connectivity index (χ3n) is 3.75. The number of hydrogen-bond donors (Lipinski definition) is 1. The summed E-state index contributed by atoms with van der Waals surface area (Å²) in [7, 11) is 1.76. The highest BCUT2D eigenvalue weighted by molar-refractivity contribution is 5.94. The topological polar surface area (TPSA) is 58.2 Å². The maximum atomic E-state index is 12.3. The molecule has 1 N–H and O–H groups in total. The molecule has 1 aromatic heterocycles. The normalized spacial score (nSPS) is 10.4. The SMILES string of the molecule is CN(C(=O)Cc1ccn[nH]1)c1ccc(OCc2ccccc2)cc1. The second-order valence-electron chi connectivity index (χ2n) is 5.48. The summed E-state index contributed by atoms with van der Waals surface area (Å²) in [6.07, 6.45) is 1.93. The number of hydrogen-bond acceptors (Lipinski definition) is 3. The molecule has 0 atom stereocenters. The van der Waals surface area contributed by atoms with E-state index < -0.39 is 0 Å². The zero-order chi connectivity index (χ0) is 16.8. The van der Waals surface area contributed by atoms with E-state index in [1.807, 2.05) is 54.6 Å². The van der Waals surface area contributed by atoms with Gasteiger partial charge in [0.25, 0.3) is 0 Å². The summed E-state index contributed by atoms with van der Waals surface area (Å²) in [6, 6.07) is 19.3. The Labute approximate surface area is 140 Å². The van der Waals surface area contributed by atoms with Gasteiger partial charge in [-0.1, -0.05) is 30.3 Å². The Balaban J connectivity index is 1.58. The van der Waals surface area contributed by atoms with E-state index in [1.165, 1.54) is 0 Å². The van der Waals surface area contributed by atoms with Crippen molar-refractivity contribution in [1.82, 2.24) is 10.2 Å². The summed E-state index contributed by atoms with van der Waals surface area (Å²) in [5.41, 5.74) is 2.75. The molecular weight excluding hydrogens is 302 g/mol. The lowest BCUT2D eigenvalue weighted by Crippen LogP contribution is -2.27. The third-order valence-corrected chi connectivity index (χ3v) is 3.75. The summed E-state index contributed by atoms with van der Waals surface area (Å²) < 4.78 is 5.76. The van der Waals surface area contributed by atoms with Crippen molar-refractivity contribution in [2.45, 2.75) is 13.0 Å². The lowest BCUT2D eigenvalue weighted by atomic mass is 10.2. The van der Waals surface area contributed by atoms with Gasteiger partial charge in [-0.2, -0.15) is 5.10 Å². The summed E-state index contributed by atoms with van der Waals surface area (Å²) >= 11 is 0. The molecule has 0 saturated carbocycles. The first-order valence-corrected chi connectivity index (χ1v) is 7.74. The van der Waals surface area contributed by atoms with Crippen LogP contribution in [0.25, 0.3) is 0 Å². The van der Waals surface area contributed by atoms with E-state index in [0.717, 1.165) is 22.7 Å². The fraction of sp³-hybridized carbons (Fsp3) is 0.158. The Kier molecular flexibility index (Phi) is 4.91. The molecule has 3 rings (SSSR count). The van der Waals surface area contributed by atoms with Crippen LogP contribution in [0, 0.1) is 0 Å². The molecule has 0 aliphatic heterocycles. The molecular formula is C19H19N3O2. The first-order chi connectivity index (χ1) is 11.7. The molecule has 0 fully saturated rings. The van der Waals surface area contributed by atoms with Gasteiger partial charge >= 0.3 is 0 Å². The summed E-state index contributed by atoms with van der Waals surface area (Å²) in [6.45, 7) is 0.523. The van der Waals surface area contributed by atoms with E-state index in [-0.39, 0.29) is 5.91 Å². The Morgan fingerprint density at radius 1 is 1.08 bits per heavy atom. The molecule has 0 unspecified atom stereocenters. The number of likely N-dealkylation sites (N-methyl/N-ethyl adjacent to an activating group) is 1.